The summed E-state index contributed by atoms with van der Waals surface area (Å²) in [6.07, 6.45) is 0. The predicted molar refractivity (Wildman–Crippen MR) is 57.5 cm³/mol. The highest BCUT2D eigenvalue weighted by molar-refractivity contribution is 5.99. The Morgan fingerprint density at radius 1 is 1.53 bits per heavy atom. The van der Waals surface area contributed by atoms with Crippen LogP contribution in [0.15, 0.2) is 10.9 Å². The number of aromatic nitrogens is 1. The molecule has 1 aromatic heterocycles. The molecule has 0 spiro atoms. The van der Waals surface area contributed by atoms with Gasteiger partial charge in [0.25, 0.3) is 5.56 Å². The van der Waals surface area contributed by atoms with Crippen molar-refractivity contribution >= 4 is 11.8 Å². The first-order chi connectivity index (χ1) is 7.95. The molecule has 0 radical (unpaired) electrons. The van der Waals surface area contributed by atoms with E-state index in [4.69, 9.17) is 5.26 Å². The number of carbonyl (C=O) groups is 2. The van der Waals surface area contributed by atoms with Crippen LogP contribution in [0.25, 0.3) is 0 Å². The molecule has 1 N–H and O–H groups in total. The SMILES string of the molecule is CC(=O)OCC(=O)c1cc(C#N)c(=O)[nH]c1C. The van der Waals surface area contributed by atoms with Gasteiger partial charge in [0.2, 0.25) is 5.78 Å². The summed E-state index contributed by atoms with van der Waals surface area (Å²) in [5, 5.41) is 8.67. The Morgan fingerprint density at radius 2 is 2.18 bits per heavy atom. The summed E-state index contributed by atoms with van der Waals surface area (Å²) in [5.41, 5.74) is -0.190. The Balaban J connectivity index is 3.06. The second-order valence-electron chi connectivity index (χ2n) is 3.37. The molecule has 0 aliphatic rings. The van der Waals surface area contributed by atoms with Crippen molar-refractivity contribution in [1.82, 2.24) is 4.98 Å². The molecule has 0 unspecified atom stereocenters. The van der Waals surface area contributed by atoms with Crippen LogP contribution in [0.3, 0.4) is 0 Å². The Bertz CT molecular complexity index is 566. The standard InChI is InChI=1S/C11H10N2O4/c1-6-9(10(15)5-17-7(2)14)3-8(4-12)11(16)13-6/h3H,5H2,1-2H3,(H,13,16). The lowest BCUT2D eigenvalue weighted by Gasteiger charge is -2.05. The fourth-order valence-electron chi connectivity index (χ4n) is 1.24. The number of nitrogens with zero attached hydrogens (tertiary/aromatic N) is 1. The Labute approximate surface area is 96.8 Å². The monoisotopic (exact) mass is 234 g/mol. The molecule has 0 bridgehead atoms. The number of esters is 1. The molecule has 88 valence electrons. The number of carbonyl (C=O) groups excluding carboxylic acids is 2. The third kappa shape index (κ3) is 3.01. The maximum absolute atomic E-state index is 11.6. The third-order valence-corrected chi connectivity index (χ3v) is 2.07. The number of ether oxygens (including phenoxy) is 1. The van der Waals surface area contributed by atoms with Crippen LogP contribution in [0.1, 0.15) is 28.5 Å². The van der Waals surface area contributed by atoms with Gasteiger partial charge < -0.3 is 9.72 Å². The number of aryl methyl sites for hydroxylation is 1. The number of H-pyrrole nitrogens is 1. The van der Waals surface area contributed by atoms with E-state index in [2.05, 4.69) is 9.72 Å². The molecular weight excluding hydrogens is 224 g/mol. The van der Waals surface area contributed by atoms with Gasteiger partial charge in [-0.15, -0.1) is 0 Å². The lowest BCUT2D eigenvalue weighted by Crippen LogP contribution is -2.19. The van der Waals surface area contributed by atoms with Crippen LogP contribution in [-0.4, -0.2) is 23.3 Å². The smallest absolute Gasteiger partial charge is 0.303 e. The summed E-state index contributed by atoms with van der Waals surface area (Å²) in [6.45, 7) is 2.31. The summed E-state index contributed by atoms with van der Waals surface area (Å²) < 4.78 is 4.55. The van der Waals surface area contributed by atoms with Gasteiger partial charge in [-0.05, 0) is 13.0 Å². The molecule has 1 heterocycles. The van der Waals surface area contributed by atoms with Gasteiger partial charge in [-0.3, -0.25) is 14.4 Å². The second kappa shape index (κ2) is 5.07. The zero-order valence-corrected chi connectivity index (χ0v) is 9.36. The van der Waals surface area contributed by atoms with Crippen molar-refractivity contribution in [2.45, 2.75) is 13.8 Å². The highest BCUT2D eigenvalue weighted by Crippen LogP contribution is 2.06. The van der Waals surface area contributed by atoms with E-state index in [-0.39, 0.29) is 11.1 Å². The fraction of sp³-hybridized carbons (Fsp3) is 0.273. The van der Waals surface area contributed by atoms with Gasteiger partial charge in [0, 0.05) is 18.2 Å². The van der Waals surface area contributed by atoms with Crippen molar-refractivity contribution in [3.8, 4) is 6.07 Å². The first kappa shape index (κ1) is 12.6. The maximum Gasteiger partial charge on any atom is 0.303 e. The van der Waals surface area contributed by atoms with Gasteiger partial charge in [0.15, 0.2) is 6.61 Å². The van der Waals surface area contributed by atoms with Crippen LogP contribution in [-0.2, 0) is 9.53 Å². The number of Topliss-reactive ketones (excluding diaryl/α,β-unsaturated/α-hetero) is 1. The van der Waals surface area contributed by atoms with Gasteiger partial charge in [-0.1, -0.05) is 0 Å². The number of nitrogens with one attached hydrogen (secondary N) is 1. The molecule has 0 saturated carbocycles. The molecule has 0 amide bonds. The summed E-state index contributed by atoms with van der Waals surface area (Å²) in [5.74, 6) is -1.04. The zero-order valence-electron chi connectivity index (χ0n) is 9.36. The van der Waals surface area contributed by atoms with Crippen molar-refractivity contribution in [2.24, 2.45) is 0 Å². The number of ketones is 1. The number of rotatable bonds is 3. The second-order valence-corrected chi connectivity index (χ2v) is 3.37. The molecule has 1 rings (SSSR count). The number of pyridine rings is 1. The van der Waals surface area contributed by atoms with Crippen LogP contribution in [0, 0.1) is 18.3 Å². The molecule has 0 aliphatic carbocycles. The van der Waals surface area contributed by atoms with E-state index in [1.54, 1.807) is 6.07 Å². The lowest BCUT2D eigenvalue weighted by molar-refractivity contribution is -0.139. The Hall–Kier alpha value is -2.42. The molecule has 0 fully saturated rings. The van der Waals surface area contributed by atoms with Crippen LogP contribution in [0.5, 0.6) is 0 Å². The Kier molecular flexibility index (Phi) is 3.78. The molecule has 1 aromatic rings. The van der Waals surface area contributed by atoms with E-state index in [1.807, 2.05) is 0 Å². The topological polar surface area (TPSA) is 100 Å². The molecular formula is C11H10N2O4. The van der Waals surface area contributed by atoms with Crippen LogP contribution in [0.4, 0.5) is 0 Å². The third-order valence-electron chi connectivity index (χ3n) is 2.07. The molecule has 17 heavy (non-hydrogen) atoms. The average molecular weight is 234 g/mol. The number of hydrogen-bond donors (Lipinski definition) is 1. The van der Waals surface area contributed by atoms with E-state index >= 15 is 0 Å². The van der Waals surface area contributed by atoms with Gasteiger partial charge >= 0.3 is 5.97 Å². The Morgan fingerprint density at radius 3 is 2.71 bits per heavy atom. The summed E-state index contributed by atoms with van der Waals surface area (Å²) in [7, 11) is 0. The number of aromatic amines is 1. The molecule has 0 saturated heterocycles. The van der Waals surface area contributed by atoms with E-state index in [9.17, 15) is 14.4 Å². The van der Waals surface area contributed by atoms with Gasteiger partial charge in [0.1, 0.15) is 11.6 Å². The maximum atomic E-state index is 11.6. The molecule has 0 aromatic carbocycles. The van der Waals surface area contributed by atoms with E-state index in [0.717, 1.165) is 0 Å². The van der Waals surface area contributed by atoms with E-state index in [1.165, 1.54) is 19.9 Å². The number of hydrogen-bond acceptors (Lipinski definition) is 5. The molecule has 0 atom stereocenters. The normalized spacial score (nSPS) is 9.47. The van der Waals surface area contributed by atoms with Crippen molar-refractivity contribution in [1.29, 1.82) is 5.26 Å². The fourth-order valence-corrected chi connectivity index (χ4v) is 1.24. The average Bonchev–Trinajstić information content (AvgIpc) is 2.26. The molecule has 6 heteroatoms. The largest absolute Gasteiger partial charge is 0.457 e. The van der Waals surface area contributed by atoms with Gasteiger partial charge in [0.05, 0.1) is 0 Å². The van der Waals surface area contributed by atoms with Gasteiger partial charge in [-0.2, -0.15) is 5.26 Å². The van der Waals surface area contributed by atoms with Crippen molar-refractivity contribution in [2.75, 3.05) is 6.61 Å². The van der Waals surface area contributed by atoms with Crippen LogP contribution >= 0.6 is 0 Å². The highest BCUT2D eigenvalue weighted by Gasteiger charge is 2.13. The highest BCUT2D eigenvalue weighted by atomic mass is 16.5. The summed E-state index contributed by atoms with van der Waals surface area (Å²) in [6, 6.07) is 2.87. The minimum absolute atomic E-state index is 0.151. The molecule has 6 nitrogen and oxygen atoms in total. The molecule has 0 aliphatic heterocycles. The van der Waals surface area contributed by atoms with E-state index in [0.29, 0.717) is 5.69 Å². The minimum Gasteiger partial charge on any atom is -0.457 e. The minimum atomic E-state index is -0.569. The summed E-state index contributed by atoms with van der Waals surface area (Å²) >= 11 is 0. The predicted octanol–water partition coefficient (Wildman–Crippen LogP) is 0.301. The number of nitriles is 1. The van der Waals surface area contributed by atoms with Crippen LogP contribution < -0.4 is 5.56 Å². The zero-order chi connectivity index (χ0) is 13.0. The van der Waals surface area contributed by atoms with Crippen molar-refractivity contribution in [3.05, 3.63) is 33.2 Å². The van der Waals surface area contributed by atoms with Crippen molar-refractivity contribution < 1.29 is 14.3 Å². The van der Waals surface area contributed by atoms with E-state index < -0.39 is 23.9 Å². The van der Waals surface area contributed by atoms with Crippen molar-refractivity contribution in [3.63, 3.8) is 0 Å². The first-order valence-electron chi connectivity index (χ1n) is 4.76. The first-order valence-corrected chi connectivity index (χ1v) is 4.76. The van der Waals surface area contributed by atoms with Gasteiger partial charge in [-0.25, -0.2) is 0 Å². The summed E-state index contributed by atoms with van der Waals surface area (Å²) in [4.78, 5) is 35.8. The quantitative estimate of drug-likeness (QED) is 0.598. The van der Waals surface area contributed by atoms with Crippen LogP contribution in [0.2, 0.25) is 0 Å². The lowest BCUT2D eigenvalue weighted by atomic mass is 10.1.